The van der Waals surface area contributed by atoms with Crippen LogP contribution in [0.4, 0.5) is 13.2 Å². The second-order valence-electron chi connectivity index (χ2n) is 5.00. The number of hydrogen-bond donors (Lipinski definition) is 3. The van der Waals surface area contributed by atoms with Crippen LogP contribution >= 0.6 is 0 Å². The third kappa shape index (κ3) is 1.87. The van der Waals surface area contributed by atoms with E-state index in [-0.39, 0.29) is 12.3 Å². The van der Waals surface area contributed by atoms with Crippen LogP contribution in [0.5, 0.6) is 0 Å². The lowest BCUT2D eigenvalue weighted by Gasteiger charge is -2.46. The molecule has 0 aromatic heterocycles. The fourth-order valence-electron chi connectivity index (χ4n) is 2.27. The van der Waals surface area contributed by atoms with Gasteiger partial charge in [-0.2, -0.15) is 13.2 Å². The van der Waals surface area contributed by atoms with Crippen LogP contribution in [0, 0.1) is 5.41 Å². The van der Waals surface area contributed by atoms with Gasteiger partial charge in [0.25, 0.3) is 0 Å². The van der Waals surface area contributed by atoms with Crippen molar-refractivity contribution in [2.24, 2.45) is 16.9 Å². The number of ether oxygens (including phenoxy) is 1. The molecule has 18 heavy (non-hydrogen) atoms. The van der Waals surface area contributed by atoms with Crippen LogP contribution in [0.25, 0.3) is 0 Å². The molecule has 0 radical (unpaired) electrons. The van der Waals surface area contributed by atoms with Crippen LogP contribution in [0.2, 0.25) is 0 Å². The number of dihydropyridines is 1. The Labute approximate surface area is 103 Å². The number of rotatable bonds is 1. The lowest BCUT2D eigenvalue weighted by molar-refractivity contribution is -0.102. The molecule has 2 rings (SSSR count). The highest BCUT2D eigenvalue weighted by molar-refractivity contribution is 5.35. The molecule has 0 amide bonds. The molecule has 4 nitrogen and oxygen atoms in total. The van der Waals surface area contributed by atoms with Crippen LogP contribution in [0.3, 0.4) is 0 Å². The van der Waals surface area contributed by atoms with Crippen molar-refractivity contribution in [3.05, 3.63) is 23.5 Å². The molecule has 5 N–H and O–H groups in total. The summed E-state index contributed by atoms with van der Waals surface area (Å²) in [5.41, 5.74) is 9.09. The van der Waals surface area contributed by atoms with E-state index in [0.717, 1.165) is 6.08 Å². The average molecular weight is 263 g/mol. The second kappa shape index (κ2) is 3.89. The molecule has 1 fully saturated rings. The number of alkyl halides is 3. The van der Waals surface area contributed by atoms with Gasteiger partial charge in [-0.3, -0.25) is 0 Å². The first-order valence-corrected chi connectivity index (χ1v) is 5.59. The molecule has 0 aromatic rings. The van der Waals surface area contributed by atoms with Crippen LogP contribution in [-0.2, 0) is 4.74 Å². The largest absolute Gasteiger partial charge is 0.430 e. The van der Waals surface area contributed by atoms with Gasteiger partial charge in [-0.25, -0.2) is 0 Å². The minimum absolute atomic E-state index is 0.184. The van der Waals surface area contributed by atoms with E-state index in [1.165, 1.54) is 6.08 Å². The maximum Gasteiger partial charge on any atom is 0.430 e. The van der Waals surface area contributed by atoms with Gasteiger partial charge in [0.15, 0.2) is 0 Å². The van der Waals surface area contributed by atoms with E-state index >= 15 is 0 Å². The molecule has 0 saturated carbocycles. The lowest BCUT2D eigenvalue weighted by atomic mass is 9.73. The number of nitrogens with one attached hydrogen (secondary N) is 1. The van der Waals surface area contributed by atoms with Gasteiger partial charge in [-0.15, -0.1) is 0 Å². The summed E-state index contributed by atoms with van der Waals surface area (Å²) in [6.45, 7) is 2.51. The van der Waals surface area contributed by atoms with Gasteiger partial charge in [0.1, 0.15) is 11.4 Å². The highest BCUT2D eigenvalue weighted by Crippen LogP contribution is 2.42. The molecule has 1 saturated heterocycles. The second-order valence-corrected chi connectivity index (χ2v) is 5.00. The van der Waals surface area contributed by atoms with Gasteiger partial charge < -0.3 is 21.5 Å². The Hall–Kier alpha value is -1.21. The van der Waals surface area contributed by atoms with Gasteiger partial charge in [0.05, 0.1) is 6.61 Å². The zero-order chi connectivity index (χ0) is 13.6. The summed E-state index contributed by atoms with van der Waals surface area (Å²) in [6.07, 6.45) is -1.81. The topological polar surface area (TPSA) is 73.3 Å². The van der Waals surface area contributed by atoms with Crippen molar-refractivity contribution in [3.8, 4) is 0 Å². The van der Waals surface area contributed by atoms with E-state index in [1.54, 1.807) is 6.92 Å². The van der Waals surface area contributed by atoms with Crippen molar-refractivity contribution in [2.75, 3.05) is 13.2 Å². The SMILES string of the molecule is CC1(C2(N)NC(C(F)(F)F)=CC=C2N)CCOC1. The van der Waals surface area contributed by atoms with E-state index in [4.69, 9.17) is 16.2 Å². The van der Waals surface area contributed by atoms with Gasteiger partial charge in [-0.1, -0.05) is 6.92 Å². The predicted octanol–water partition coefficient (Wildman–Crippen LogP) is 0.960. The summed E-state index contributed by atoms with van der Waals surface area (Å²) >= 11 is 0. The van der Waals surface area contributed by atoms with Crippen molar-refractivity contribution in [1.29, 1.82) is 0 Å². The molecular formula is C11H16F3N3O. The predicted molar refractivity (Wildman–Crippen MR) is 60.0 cm³/mol. The molecular weight excluding hydrogens is 247 g/mol. The molecule has 0 aromatic carbocycles. The smallest absolute Gasteiger partial charge is 0.399 e. The third-order valence-corrected chi connectivity index (χ3v) is 3.69. The van der Waals surface area contributed by atoms with Crippen molar-refractivity contribution in [2.45, 2.75) is 25.2 Å². The van der Waals surface area contributed by atoms with Gasteiger partial charge in [0, 0.05) is 17.7 Å². The number of allylic oxidation sites excluding steroid dienone is 3. The van der Waals surface area contributed by atoms with Crippen molar-refractivity contribution in [3.63, 3.8) is 0 Å². The van der Waals surface area contributed by atoms with Gasteiger partial charge in [-0.05, 0) is 18.6 Å². The van der Waals surface area contributed by atoms with E-state index in [0.29, 0.717) is 13.0 Å². The van der Waals surface area contributed by atoms with Gasteiger partial charge in [0.2, 0.25) is 0 Å². The summed E-state index contributed by atoms with van der Waals surface area (Å²) in [4.78, 5) is 0. The zero-order valence-corrected chi connectivity index (χ0v) is 9.97. The fraction of sp³-hybridized carbons (Fsp3) is 0.636. The molecule has 0 aliphatic carbocycles. The monoisotopic (exact) mass is 263 g/mol. The van der Waals surface area contributed by atoms with Gasteiger partial charge >= 0.3 is 6.18 Å². The Bertz CT molecular complexity index is 410. The Balaban J connectivity index is 2.36. The lowest BCUT2D eigenvalue weighted by Crippen LogP contribution is -2.68. The molecule has 102 valence electrons. The number of halogens is 3. The Kier molecular flexibility index (Phi) is 2.86. The summed E-state index contributed by atoms with van der Waals surface area (Å²) in [5.74, 6) is 0. The van der Waals surface area contributed by atoms with Crippen LogP contribution in [-0.4, -0.2) is 25.1 Å². The first-order valence-electron chi connectivity index (χ1n) is 5.59. The summed E-state index contributed by atoms with van der Waals surface area (Å²) < 4.78 is 43.5. The van der Waals surface area contributed by atoms with Crippen molar-refractivity contribution < 1.29 is 17.9 Å². The zero-order valence-electron chi connectivity index (χ0n) is 9.97. The maximum absolute atomic E-state index is 12.7. The average Bonchev–Trinajstić information content (AvgIpc) is 2.69. The van der Waals surface area contributed by atoms with E-state index < -0.39 is 23.0 Å². The Morgan fingerprint density at radius 2 is 2.06 bits per heavy atom. The van der Waals surface area contributed by atoms with E-state index in [1.807, 2.05) is 0 Å². The molecule has 7 heteroatoms. The quantitative estimate of drug-likeness (QED) is 0.659. The highest BCUT2D eigenvalue weighted by atomic mass is 19.4. The molecule has 0 spiro atoms. The summed E-state index contributed by atoms with van der Waals surface area (Å²) in [5, 5.41) is 2.34. The third-order valence-electron chi connectivity index (χ3n) is 3.69. The molecule has 2 aliphatic heterocycles. The summed E-state index contributed by atoms with van der Waals surface area (Å²) in [6, 6.07) is 0. The maximum atomic E-state index is 12.7. The highest BCUT2D eigenvalue weighted by Gasteiger charge is 2.53. The van der Waals surface area contributed by atoms with Crippen molar-refractivity contribution >= 4 is 0 Å². The van der Waals surface area contributed by atoms with E-state index in [2.05, 4.69) is 5.32 Å². The van der Waals surface area contributed by atoms with Crippen molar-refractivity contribution in [1.82, 2.24) is 5.32 Å². The minimum atomic E-state index is -4.47. The van der Waals surface area contributed by atoms with Crippen LogP contribution in [0.15, 0.2) is 23.5 Å². The normalized spacial score (nSPS) is 36.9. The Morgan fingerprint density at radius 3 is 2.56 bits per heavy atom. The number of hydrogen-bond acceptors (Lipinski definition) is 4. The van der Waals surface area contributed by atoms with Crippen LogP contribution < -0.4 is 16.8 Å². The minimum Gasteiger partial charge on any atom is -0.399 e. The molecule has 2 unspecified atom stereocenters. The standard InChI is InChI=1S/C11H16F3N3O/c1-9(4-5-18-6-9)10(16)7(15)2-3-8(17-10)11(12,13)14/h2-3,17H,4-6,15-16H2,1H3. The summed E-state index contributed by atoms with van der Waals surface area (Å²) in [7, 11) is 0. The van der Waals surface area contributed by atoms with E-state index in [9.17, 15) is 13.2 Å². The molecule has 2 aliphatic rings. The fourth-order valence-corrected chi connectivity index (χ4v) is 2.27. The molecule has 0 bridgehead atoms. The molecule has 2 heterocycles. The first kappa shape index (κ1) is 13.2. The molecule has 2 atom stereocenters. The van der Waals surface area contributed by atoms with Crippen LogP contribution in [0.1, 0.15) is 13.3 Å². The number of nitrogens with two attached hydrogens (primary N) is 2. The first-order chi connectivity index (χ1) is 8.19. The Morgan fingerprint density at radius 1 is 1.39 bits per heavy atom.